The van der Waals surface area contributed by atoms with E-state index in [0.29, 0.717) is 11.9 Å². The van der Waals surface area contributed by atoms with Gasteiger partial charge in [-0.2, -0.15) is 0 Å². The number of hydrogen-bond acceptors (Lipinski definition) is 1. The van der Waals surface area contributed by atoms with Gasteiger partial charge in [-0.25, -0.2) is 0 Å². The third kappa shape index (κ3) is 6.75. The summed E-state index contributed by atoms with van der Waals surface area (Å²) in [5.41, 5.74) is 0. The fraction of sp³-hybridized carbons (Fsp3) is 0.923. The Labute approximate surface area is 97.0 Å². The average molecular weight is 209 g/mol. The number of aliphatic imine (C=N–C) groups is 1. The van der Waals surface area contributed by atoms with Crippen LogP contribution in [-0.2, 0) is 0 Å². The normalized spacial score (nSPS) is 16.8. The second kappa shape index (κ2) is 9.00. The zero-order valence-electron chi connectivity index (χ0n) is 11.1. The molecular weight excluding hydrogens is 181 g/mol. The summed E-state index contributed by atoms with van der Waals surface area (Å²) in [6, 6.07) is 0.493. The lowest BCUT2D eigenvalue weighted by molar-refractivity contribution is 0.537. The molecule has 88 valence electrons. The van der Waals surface area contributed by atoms with Crippen LogP contribution in [0.25, 0.3) is 0 Å². The van der Waals surface area contributed by atoms with E-state index in [1.807, 2.05) is 0 Å². The van der Waals surface area contributed by atoms with Crippen molar-refractivity contribution in [2.24, 2.45) is 10.9 Å². The highest BCUT2D eigenvalue weighted by molar-refractivity contribution is 6.37. The van der Waals surface area contributed by atoms with Crippen LogP contribution in [-0.4, -0.2) is 20.0 Å². The summed E-state index contributed by atoms with van der Waals surface area (Å²) >= 11 is 0. The van der Waals surface area contributed by atoms with Gasteiger partial charge in [0, 0.05) is 6.04 Å². The molecule has 0 bridgehead atoms. The van der Waals surface area contributed by atoms with E-state index in [1.54, 1.807) is 0 Å². The Morgan fingerprint density at radius 1 is 1.20 bits per heavy atom. The minimum absolute atomic E-state index is 0.493. The maximum absolute atomic E-state index is 4.25. The van der Waals surface area contributed by atoms with Crippen LogP contribution < -0.4 is 0 Å². The van der Waals surface area contributed by atoms with E-state index in [0.717, 1.165) is 5.92 Å². The van der Waals surface area contributed by atoms with Gasteiger partial charge in [-0.1, -0.05) is 53.3 Å². The van der Waals surface area contributed by atoms with Crippen molar-refractivity contribution < 1.29 is 0 Å². The Morgan fingerprint density at radius 2 is 1.87 bits per heavy atom. The van der Waals surface area contributed by atoms with Crippen molar-refractivity contribution >= 4 is 14.0 Å². The summed E-state index contributed by atoms with van der Waals surface area (Å²) in [5.74, 6) is 1.60. The molecule has 15 heavy (non-hydrogen) atoms. The lowest BCUT2D eigenvalue weighted by Gasteiger charge is -2.19. The Balaban J connectivity index is 3.70. The number of nitrogens with zero attached hydrogens (tertiary/aromatic N) is 1. The molecule has 0 saturated carbocycles. The summed E-state index contributed by atoms with van der Waals surface area (Å²) in [6.45, 7) is 12.9. The zero-order valence-corrected chi connectivity index (χ0v) is 11.1. The van der Waals surface area contributed by atoms with Gasteiger partial charge in [0.05, 0.1) is 0 Å². The molecule has 1 nitrogen and oxygen atoms in total. The molecule has 0 aliphatic rings. The van der Waals surface area contributed by atoms with E-state index in [4.69, 9.17) is 0 Å². The lowest BCUT2D eigenvalue weighted by Crippen LogP contribution is -2.16. The van der Waals surface area contributed by atoms with Crippen molar-refractivity contribution in [3.05, 3.63) is 0 Å². The molecule has 0 aliphatic carbocycles. The fourth-order valence-corrected chi connectivity index (χ4v) is 2.04. The largest absolute Gasteiger partial charge is 0.298 e. The first kappa shape index (κ1) is 14.7. The van der Waals surface area contributed by atoms with Gasteiger partial charge < -0.3 is 0 Å². The molecule has 0 N–H and O–H groups in total. The van der Waals surface area contributed by atoms with Crippen molar-refractivity contribution in [3.8, 4) is 0 Å². The van der Waals surface area contributed by atoms with Crippen LogP contribution in [0.5, 0.6) is 0 Å². The van der Waals surface area contributed by atoms with E-state index >= 15 is 0 Å². The highest BCUT2D eigenvalue weighted by Gasteiger charge is 2.15. The molecular formula is C13H28BN. The summed E-state index contributed by atoms with van der Waals surface area (Å²) in [5, 5.41) is 0. The van der Waals surface area contributed by atoms with Gasteiger partial charge in [0.25, 0.3) is 0 Å². The second-order valence-electron chi connectivity index (χ2n) is 4.96. The molecule has 3 atom stereocenters. The predicted molar refractivity (Wildman–Crippen MR) is 73.7 cm³/mol. The van der Waals surface area contributed by atoms with Gasteiger partial charge in [0.15, 0.2) is 0 Å². The monoisotopic (exact) mass is 209 g/mol. The minimum Gasteiger partial charge on any atom is -0.298 e. The van der Waals surface area contributed by atoms with Crippen LogP contribution in [0.4, 0.5) is 0 Å². The third-order valence-corrected chi connectivity index (χ3v) is 3.53. The maximum Gasteiger partial charge on any atom is 0.126 e. The van der Waals surface area contributed by atoms with Crippen molar-refractivity contribution in [3.63, 3.8) is 0 Å². The van der Waals surface area contributed by atoms with Crippen LogP contribution in [0, 0.1) is 5.92 Å². The molecule has 0 aromatic rings. The molecule has 0 heterocycles. The molecule has 1 unspecified atom stereocenters. The summed E-state index contributed by atoms with van der Waals surface area (Å²) in [6.07, 6.45) is 6.46. The van der Waals surface area contributed by atoms with Crippen molar-refractivity contribution in [1.82, 2.24) is 0 Å². The van der Waals surface area contributed by atoms with E-state index in [-0.39, 0.29) is 0 Å². The molecule has 0 spiro atoms. The minimum atomic E-state index is 0.493. The third-order valence-electron chi connectivity index (χ3n) is 3.53. The smallest absolute Gasteiger partial charge is 0.126 e. The second-order valence-corrected chi connectivity index (χ2v) is 4.96. The topological polar surface area (TPSA) is 12.4 Å². The summed E-state index contributed by atoms with van der Waals surface area (Å²) in [7, 11) is 1.31. The summed E-state index contributed by atoms with van der Waals surface area (Å²) < 4.78 is 0. The Morgan fingerprint density at radius 3 is 2.33 bits per heavy atom. The van der Waals surface area contributed by atoms with E-state index in [1.165, 1.54) is 39.3 Å². The van der Waals surface area contributed by atoms with E-state index in [2.05, 4.69) is 39.4 Å². The highest BCUT2D eigenvalue weighted by atomic mass is 14.7. The molecule has 0 amide bonds. The first-order chi connectivity index (χ1) is 7.15. The van der Waals surface area contributed by atoms with Crippen LogP contribution >= 0.6 is 0 Å². The fourth-order valence-electron chi connectivity index (χ4n) is 2.04. The first-order valence-corrected chi connectivity index (χ1v) is 6.61. The molecule has 0 fully saturated rings. The average Bonchev–Trinajstić information content (AvgIpc) is 2.25. The predicted octanol–water partition coefficient (Wildman–Crippen LogP) is 3.96. The van der Waals surface area contributed by atoms with E-state index < -0.39 is 0 Å². The number of hydrogen-bond donors (Lipinski definition) is 0. The molecule has 0 aromatic heterocycles. The van der Waals surface area contributed by atoms with Gasteiger partial charge in [-0.3, -0.25) is 4.99 Å². The van der Waals surface area contributed by atoms with E-state index in [9.17, 15) is 0 Å². The van der Waals surface area contributed by atoms with Crippen LogP contribution in [0.3, 0.4) is 0 Å². The molecule has 0 rings (SSSR count). The van der Waals surface area contributed by atoms with Gasteiger partial charge >= 0.3 is 0 Å². The first-order valence-electron chi connectivity index (χ1n) is 6.61. The molecule has 0 aliphatic heterocycles. The Bertz CT molecular complexity index is 159. The highest BCUT2D eigenvalue weighted by Crippen LogP contribution is 2.20. The van der Waals surface area contributed by atoms with Crippen LogP contribution in [0.2, 0.25) is 12.1 Å². The SMILES string of the molecule is C=N[C@H](CCC)C(C)BCC[C@@H](C)CC. The van der Waals surface area contributed by atoms with Crippen LogP contribution in [0.1, 0.15) is 53.4 Å². The van der Waals surface area contributed by atoms with Crippen LogP contribution in [0.15, 0.2) is 4.99 Å². The molecule has 0 aromatic carbocycles. The summed E-state index contributed by atoms with van der Waals surface area (Å²) in [4.78, 5) is 4.25. The maximum atomic E-state index is 4.25. The van der Waals surface area contributed by atoms with Crippen molar-refractivity contribution in [2.75, 3.05) is 0 Å². The van der Waals surface area contributed by atoms with Gasteiger partial charge in [-0.05, 0) is 24.9 Å². The Hall–Kier alpha value is -0.265. The standard InChI is InChI=1S/C13H28BN/c1-6-8-13(15-5)12(4)14-10-9-11(3)7-2/h11-14H,5-10H2,1-4H3/t11-,12?,13+/m0/s1. The van der Waals surface area contributed by atoms with Gasteiger partial charge in [0.2, 0.25) is 0 Å². The molecule has 2 heteroatoms. The Kier molecular flexibility index (Phi) is 8.84. The molecule has 0 saturated heterocycles. The quantitative estimate of drug-likeness (QED) is 0.402. The van der Waals surface area contributed by atoms with Crippen molar-refractivity contribution in [1.29, 1.82) is 0 Å². The lowest BCUT2D eigenvalue weighted by atomic mass is 9.58. The van der Waals surface area contributed by atoms with Crippen molar-refractivity contribution in [2.45, 2.75) is 71.6 Å². The zero-order chi connectivity index (χ0) is 11.7. The molecule has 0 radical (unpaired) electrons. The van der Waals surface area contributed by atoms with Gasteiger partial charge in [-0.15, -0.1) is 0 Å². The van der Waals surface area contributed by atoms with Gasteiger partial charge in [0.1, 0.15) is 7.28 Å². The number of rotatable bonds is 9.